The maximum Gasteiger partial charge on any atom is 0.451 e. The molecule has 1 aromatic heterocycles. The summed E-state index contributed by atoms with van der Waals surface area (Å²) in [7, 11) is 0. The Kier molecular flexibility index (Phi) is 3.00. The van der Waals surface area contributed by atoms with E-state index in [0.717, 1.165) is 6.20 Å². The van der Waals surface area contributed by atoms with Gasteiger partial charge in [0.1, 0.15) is 5.82 Å². The number of hydrogen-bond donors (Lipinski definition) is 0. The van der Waals surface area contributed by atoms with Gasteiger partial charge in [0.05, 0.1) is 5.56 Å². The van der Waals surface area contributed by atoms with Gasteiger partial charge in [-0.1, -0.05) is 0 Å². The number of nitrogens with zero attached hydrogens (tertiary/aromatic N) is 3. The molecule has 7 heteroatoms. The number of hydrogen-bond acceptors (Lipinski definition) is 4. The third-order valence-corrected chi connectivity index (χ3v) is 2.80. The van der Waals surface area contributed by atoms with Gasteiger partial charge < -0.3 is 4.90 Å². The quantitative estimate of drug-likeness (QED) is 0.776. The number of Topliss-reactive ketones (excluding diaryl/α,β-unsaturated/α-hetero) is 1. The molecule has 0 unspecified atom stereocenters. The zero-order valence-corrected chi connectivity index (χ0v) is 9.95. The smallest absolute Gasteiger partial charge is 0.353 e. The number of aromatic nitrogens is 2. The van der Waals surface area contributed by atoms with Crippen LogP contribution in [0.5, 0.6) is 0 Å². The maximum absolute atomic E-state index is 12.6. The van der Waals surface area contributed by atoms with Crippen molar-refractivity contribution in [3.8, 4) is 0 Å². The Hall–Kier alpha value is -1.66. The Morgan fingerprint density at radius 2 is 2.06 bits per heavy atom. The zero-order valence-electron chi connectivity index (χ0n) is 9.95. The number of anilines is 1. The van der Waals surface area contributed by atoms with Gasteiger partial charge in [0, 0.05) is 25.2 Å². The van der Waals surface area contributed by atoms with Gasteiger partial charge >= 0.3 is 6.18 Å². The van der Waals surface area contributed by atoms with Crippen LogP contribution in [0.4, 0.5) is 19.0 Å². The molecular weight excluding hydrogens is 247 g/mol. The van der Waals surface area contributed by atoms with E-state index in [4.69, 9.17) is 0 Å². The van der Waals surface area contributed by atoms with E-state index in [0.29, 0.717) is 6.54 Å². The van der Waals surface area contributed by atoms with Crippen molar-refractivity contribution < 1.29 is 18.0 Å². The molecule has 0 saturated heterocycles. The summed E-state index contributed by atoms with van der Waals surface area (Å²) >= 11 is 0. The molecule has 1 aromatic rings. The largest absolute Gasteiger partial charge is 0.451 e. The molecule has 0 fully saturated rings. The summed E-state index contributed by atoms with van der Waals surface area (Å²) in [6.07, 6.45) is -3.35. The van der Waals surface area contributed by atoms with Crippen LogP contribution in [0.1, 0.15) is 36.5 Å². The number of ketones is 1. The highest BCUT2D eigenvalue weighted by Gasteiger charge is 2.37. The van der Waals surface area contributed by atoms with E-state index < -0.39 is 12.0 Å². The molecule has 0 radical (unpaired) electrons. The van der Waals surface area contributed by atoms with Crippen LogP contribution < -0.4 is 4.90 Å². The van der Waals surface area contributed by atoms with Gasteiger partial charge in [-0.15, -0.1) is 0 Å². The van der Waals surface area contributed by atoms with Crippen molar-refractivity contribution in [1.29, 1.82) is 0 Å². The molecule has 0 amide bonds. The summed E-state index contributed by atoms with van der Waals surface area (Å²) in [6.45, 7) is 4.07. The van der Waals surface area contributed by atoms with Crippen LogP contribution >= 0.6 is 0 Å². The van der Waals surface area contributed by atoms with Gasteiger partial charge in [-0.25, -0.2) is 9.97 Å². The van der Waals surface area contributed by atoms with Crippen molar-refractivity contribution in [3.05, 3.63) is 17.6 Å². The fraction of sp³-hybridized carbons (Fsp3) is 0.545. The predicted octanol–water partition coefficient (Wildman–Crippen LogP) is 2.30. The minimum Gasteiger partial charge on any atom is -0.353 e. The number of halogens is 3. The third kappa shape index (κ3) is 2.16. The topological polar surface area (TPSA) is 46.1 Å². The monoisotopic (exact) mass is 259 g/mol. The summed E-state index contributed by atoms with van der Waals surface area (Å²) in [6, 6.07) is -0.0205. The minimum absolute atomic E-state index is 0.0205. The predicted molar refractivity (Wildman–Crippen MR) is 58.5 cm³/mol. The molecule has 98 valence electrons. The molecule has 0 spiro atoms. The lowest BCUT2D eigenvalue weighted by atomic mass is 10.0. The average molecular weight is 259 g/mol. The highest BCUT2D eigenvalue weighted by molar-refractivity contribution is 6.02. The fourth-order valence-electron chi connectivity index (χ4n) is 1.89. The number of rotatable bonds is 1. The van der Waals surface area contributed by atoms with Crippen LogP contribution in [-0.4, -0.2) is 28.3 Å². The lowest BCUT2D eigenvalue weighted by Gasteiger charge is -2.32. The lowest BCUT2D eigenvalue weighted by molar-refractivity contribution is -0.144. The first kappa shape index (κ1) is 12.8. The van der Waals surface area contributed by atoms with E-state index in [1.54, 1.807) is 4.90 Å². The highest BCUT2D eigenvalue weighted by atomic mass is 19.4. The van der Waals surface area contributed by atoms with E-state index in [-0.39, 0.29) is 29.6 Å². The Morgan fingerprint density at radius 3 is 2.61 bits per heavy atom. The molecule has 0 saturated carbocycles. The molecule has 0 N–H and O–H groups in total. The Bertz CT molecular complexity index is 485. The summed E-state index contributed by atoms with van der Waals surface area (Å²) in [5.41, 5.74) is 0.169. The van der Waals surface area contributed by atoms with Crippen LogP contribution in [0.3, 0.4) is 0 Å². The highest BCUT2D eigenvalue weighted by Crippen LogP contribution is 2.31. The number of carbonyl (C=O) groups is 1. The van der Waals surface area contributed by atoms with Gasteiger partial charge in [-0.3, -0.25) is 4.79 Å². The van der Waals surface area contributed by atoms with Crippen molar-refractivity contribution >= 4 is 11.6 Å². The van der Waals surface area contributed by atoms with Crippen LogP contribution in [-0.2, 0) is 6.18 Å². The van der Waals surface area contributed by atoms with Crippen LogP contribution in [0, 0.1) is 0 Å². The van der Waals surface area contributed by atoms with Gasteiger partial charge in [-0.05, 0) is 13.8 Å². The second-order valence-electron chi connectivity index (χ2n) is 4.39. The van der Waals surface area contributed by atoms with Crippen molar-refractivity contribution in [2.75, 3.05) is 11.4 Å². The average Bonchev–Trinajstić information content (AvgIpc) is 2.27. The number of fused-ring (bicyclic) bond motifs is 1. The Labute approximate surface area is 102 Å². The fourth-order valence-corrected chi connectivity index (χ4v) is 1.89. The van der Waals surface area contributed by atoms with Gasteiger partial charge in [0.25, 0.3) is 0 Å². The molecule has 18 heavy (non-hydrogen) atoms. The van der Waals surface area contributed by atoms with Crippen molar-refractivity contribution in [3.63, 3.8) is 0 Å². The van der Waals surface area contributed by atoms with E-state index in [9.17, 15) is 18.0 Å². The first-order valence-electron chi connectivity index (χ1n) is 5.55. The van der Waals surface area contributed by atoms with Crippen molar-refractivity contribution in [1.82, 2.24) is 9.97 Å². The second-order valence-corrected chi connectivity index (χ2v) is 4.39. The molecule has 4 nitrogen and oxygen atoms in total. The van der Waals surface area contributed by atoms with E-state index >= 15 is 0 Å². The SMILES string of the molecule is CC(C)N1CCC(=O)c2cnc(C(F)(F)F)nc21. The Balaban J connectivity index is 2.53. The molecule has 0 bridgehead atoms. The van der Waals surface area contributed by atoms with E-state index in [1.807, 2.05) is 13.8 Å². The molecule has 1 aliphatic rings. The molecule has 0 aromatic carbocycles. The molecular formula is C11H12F3N3O. The first-order chi connectivity index (χ1) is 8.30. The van der Waals surface area contributed by atoms with Crippen LogP contribution in [0.2, 0.25) is 0 Å². The minimum atomic E-state index is -4.60. The standard InChI is InChI=1S/C11H12F3N3O/c1-6(2)17-4-3-8(18)7-5-15-10(11(12,13)14)16-9(7)17/h5-6H,3-4H2,1-2H3. The van der Waals surface area contributed by atoms with Gasteiger partial charge in [0.2, 0.25) is 5.82 Å². The first-order valence-corrected chi connectivity index (χ1v) is 5.55. The third-order valence-electron chi connectivity index (χ3n) is 2.80. The summed E-state index contributed by atoms with van der Waals surface area (Å²) in [5, 5.41) is 0. The summed E-state index contributed by atoms with van der Waals surface area (Å²) in [4.78, 5) is 20.0. The summed E-state index contributed by atoms with van der Waals surface area (Å²) in [5.74, 6) is -1.33. The van der Waals surface area contributed by atoms with Crippen LogP contribution in [0.15, 0.2) is 6.20 Å². The van der Waals surface area contributed by atoms with Crippen molar-refractivity contribution in [2.24, 2.45) is 0 Å². The number of carbonyl (C=O) groups excluding carboxylic acids is 1. The van der Waals surface area contributed by atoms with Crippen molar-refractivity contribution in [2.45, 2.75) is 32.5 Å². The molecule has 2 rings (SSSR count). The maximum atomic E-state index is 12.6. The Morgan fingerprint density at radius 1 is 1.39 bits per heavy atom. The molecule has 1 aliphatic heterocycles. The number of alkyl halides is 3. The van der Waals surface area contributed by atoms with E-state index in [1.165, 1.54) is 0 Å². The molecule has 0 atom stereocenters. The van der Waals surface area contributed by atoms with E-state index in [2.05, 4.69) is 9.97 Å². The zero-order chi connectivity index (χ0) is 13.5. The lowest BCUT2D eigenvalue weighted by Crippen LogP contribution is -2.38. The molecule has 2 heterocycles. The summed E-state index contributed by atoms with van der Waals surface area (Å²) < 4.78 is 37.7. The second kappa shape index (κ2) is 4.22. The van der Waals surface area contributed by atoms with Gasteiger partial charge in [0.15, 0.2) is 5.78 Å². The van der Waals surface area contributed by atoms with Crippen LogP contribution in [0.25, 0.3) is 0 Å². The molecule has 0 aliphatic carbocycles. The normalized spacial score (nSPS) is 16.1. The van der Waals surface area contributed by atoms with Gasteiger partial charge in [-0.2, -0.15) is 13.2 Å².